The zero-order chi connectivity index (χ0) is 22.8. The van der Waals surface area contributed by atoms with Crippen LogP contribution in [0.3, 0.4) is 0 Å². The third-order valence-corrected chi connectivity index (χ3v) is 6.29. The van der Waals surface area contributed by atoms with Gasteiger partial charge in [0.25, 0.3) is 5.91 Å². The maximum absolute atomic E-state index is 13.6. The van der Waals surface area contributed by atoms with Crippen LogP contribution in [0.4, 0.5) is 0 Å². The molecule has 3 aromatic carbocycles. The van der Waals surface area contributed by atoms with Gasteiger partial charge < -0.3 is 14.2 Å². The average Bonchev–Trinajstić information content (AvgIpc) is 3.28. The Balaban J connectivity index is 1.43. The predicted molar refractivity (Wildman–Crippen MR) is 128 cm³/mol. The molecule has 0 saturated carbocycles. The Labute approximate surface area is 197 Å². The van der Waals surface area contributed by atoms with Crippen molar-refractivity contribution in [1.29, 1.82) is 0 Å². The number of nitrogens with zero attached hydrogens (tertiary/aromatic N) is 2. The summed E-state index contributed by atoms with van der Waals surface area (Å²) < 4.78 is 5.82. The van der Waals surface area contributed by atoms with Gasteiger partial charge in [0.2, 0.25) is 5.91 Å². The van der Waals surface area contributed by atoms with E-state index in [0.29, 0.717) is 36.7 Å². The van der Waals surface area contributed by atoms with Crippen LogP contribution < -0.4 is 0 Å². The summed E-state index contributed by atoms with van der Waals surface area (Å²) >= 11 is 6.00. The number of carbonyl (C=O) groups is 2. The van der Waals surface area contributed by atoms with Crippen molar-refractivity contribution in [2.45, 2.75) is 19.0 Å². The van der Waals surface area contributed by atoms with E-state index in [-0.39, 0.29) is 17.6 Å². The number of amides is 2. The van der Waals surface area contributed by atoms with Gasteiger partial charge in [-0.3, -0.25) is 9.59 Å². The van der Waals surface area contributed by atoms with E-state index in [0.717, 1.165) is 16.5 Å². The molecule has 1 aromatic heterocycles. The highest BCUT2D eigenvalue weighted by molar-refractivity contribution is 6.30. The first kappa shape index (κ1) is 21.3. The van der Waals surface area contributed by atoms with E-state index in [9.17, 15) is 9.59 Å². The predicted octanol–water partition coefficient (Wildman–Crippen LogP) is 5.18. The molecule has 166 valence electrons. The van der Waals surface area contributed by atoms with Crippen LogP contribution in [0.5, 0.6) is 0 Å². The van der Waals surface area contributed by atoms with Crippen LogP contribution >= 0.6 is 11.6 Å². The van der Waals surface area contributed by atoms with Crippen molar-refractivity contribution >= 4 is 34.4 Å². The average molecular weight is 459 g/mol. The molecular formula is C27H23ClN2O3. The summed E-state index contributed by atoms with van der Waals surface area (Å²) in [6.45, 7) is 1.37. The van der Waals surface area contributed by atoms with Crippen LogP contribution in [0.25, 0.3) is 11.0 Å². The van der Waals surface area contributed by atoms with Crippen molar-refractivity contribution < 1.29 is 14.0 Å². The summed E-state index contributed by atoms with van der Waals surface area (Å²) in [5, 5.41) is 1.53. The number of hydrogen-bond donors (Lipinski definition) is 0. The second-order valence-corrected chi connectivity index (χ2v) is 8.68. The number of halogens is 1. The van der Waals surface area contributed by atoms with Gasteiger partial charge in [0.05, 0.1) is 0 Å². The number of fused-ring (bicyclic) bond motifs is 1. The first-order valence-corrected chi connectivity index (χ1v) is 11.3. The Bertz CT molecular complexity index is 1250. The number of piperazine rings is 1. The van der Waals surface area contributed by atoms with Gasteiger partial charge in [-0.1, -0.05) is 72.3 Å². The van der Waals surface area contributed by atoms with E-state index in [1.807, 2.05) is 83.8 Å². The zero-order valence-corrected chi connectivity index (χ0v) is 18.7. The Morgan fingerprint density at radius 1 is 0.909 bits per heavy atom. The number of furan rings is 1. The zero-order valence-electron chi connectivity index (χ0n) is 18.0. The third kappa shape index (κ3) is 4.50. The van der Waals surface area contributed by atoms with Gasteiger partial charge in [-0.25, -0.2) is 0 Å². The molecule has 6 heteroatoms. The highest BCUT2D eigenvalue weighted by atomic mass is 35.5. The number of benzene rings is 3. The molecule has 0 radical (unpaired) electrons. The summed E-state index contributed by atoms with van der Waals surface area (Å²) in [5.41, 5.74) is 2.67. The van der Waals surface area contributed by atoms with Crippen molar-refractivity contribution in [2.75, 3.05) is 13.1 Å². The second-order valence-electron chi connectivity index (χ2n) is 8.24. The van der Waals surface area contributed by atoms with Gasteiger partial charge in [0.15, 0.2) is 5.76 Å². The fourth-order valence-corrected chi connectivity index (χ4v) is 4.44. The fraction of sp³-hybridized carbons (Fsp3) is 0.185. The summed E-state index contributed by atoms with van der Waals surface area (Å²) in [5.74, 6) is -0.0654. The molecule has 1 atom stereocenters. The van der Waals surface area contributed by atoms with Crippen LogP contribution in [-0.4, -0.2) is 40.7 Å². The lowest BCUT2D eigenvalue weighted by molar-refractivity contribution is -0.140. The quantitative estimate of drug-likeness (QED) is 0.414. The minimum atomic E-state index is -0.603. The van der Waals surface area contributed by atoms with Crippen LogP contribution in [0, 0.1) is 0 Å². The highest BCUT2D eigenvalue weighted by Gasteiger charge is 2.38. The van der Waals surface area contributed by atoms with Crippen LogP contribution in [0.1, 0.15) is 21.7 Å². The molecule has 1 fully saturated rings. The molecule has 1 saturated heterocycles. The van der Waals surface area contributed by atoms with E-state index in [4.69, 9.17) is 16.0 Å². The molecule has 2 amide bonds. The van der Waals surface area contributed by atoms with Gasteiger partial charge in [-0.05, 0) is 35.4 Å². The van der Waals surface area contributed by atoms with E-state index in [1.54, 1.807) is 11.0 Å². The Morgan fingerprint density at radius 2 is 1.64 bits per heavy atom. The molecule has 0 bridgehead atoms. The van der Waals surface area contributed by atoms with E-state index in [1.165, 1.54) is 0 Å². The smallest absolute Gasteiger partial charge is 0.290 e. The minimum Gasteiger partial charge on any atom is -0.451 e. The number of para-hydroxylation sites is 1. The van der Waals surface area contributed by atoms with E-state index >= 15 is 0 Å². The van der Waals surface area contributed by atoms with Crippen molar-refractivity contribution in [1.82, 2.24) is 9.80 Å². The molecule has 5 nitrogen and oxygen atoms in total. The first-order chi connectivity index (χ1) is 16.1. The molecule has 1 aliphatic rings. The fourth-order valence-electron chi connectivity index (χ4n) is 4.31. The monoisotopic (exact) mass is 458 g/mol. The Kier molecular flexibility index (Phi) is 5.88. The van der Waals surface area contributed by atoms with Crippen molar-refractivity contribution in [3.8, 4) is 0 Å². The molecule has 4 aromatic rings. The van der Waals surface area contributed by atoms with Gasteiger partial charge in [-0.15, -0.1) is 0 Å². The van der Waals surface area contributed by atoms with E-state index < -0.39 is 6.04 Å². The molecule has 0 unspecified atom stereocenters. The number of rotatable bonds is 5. The lowest BCUT2D eigenvalue weighted by atomic mass is 10.00. The van der Waals surface area contributed by atoms with Crippen LogP contribution in [0.2, 0.25) is 5.02 Å². The van der Waals surface area contributed by atoms with Crippen molar-refractivity contribution in [3.63, 3.8) is 0 Å². The minimum absolute atomic E-state index is 0.0653. The van der Waals surface area contributed by atoms with Gasteiger partial charge in [0.1, 0.15) is 11.6 Å². The Morgan fingerprint density at radius 3 is 2.39 bits per heavy atom. The number of carbonyl (C=O) groups excluding carboxylic acids is 2. The molecule has 0 N–H and O–H groups in total. The molecule has 0 spiro atoms. The van der Waals surface area contributed by atoms with Crippen LogP contribution in [-0.2, 0) is 17.8 Å². The van der Waals surface area contributed by atoms with Gasteiger partial charge >= 0.3 is 0 Å². The SMILES string of the molecule is O=C1[C@H](Cc2ccccc2)N(C(=O)c2cc3ccccc3o2)CCN1Cc1ccc(Cl)cc1. The second kappa shape index (κ2) is 9.12. The maximum atomic E-state index is 13.6. The largest absolute Gasteiger partial charge is 0.451 e. The normalized spacial score (nSPS) is 16.4. The van der Waals surface area contributed by atoms with Gasteiger partial charge in [-0.2, -0.15) is 0 Å². The third-order valence-electron chi connectivity index (χ3n) is 6.04. The molecule has 2 heterocycles. The molecule has 33 heavy (non-hydrogen) atoms. The Hall–Kier alpha value is -3.57. The summed E-state index contributed by atoms with van der Waals surface area (Å²) in [7, 11) is 0. The molecular weight excluding hydrogens is 436 g/mol. The topological polar surface area (TPSA) is 53.8 Å². The standard InChI is InChI=1S/C27H23ClN2O3/c28-22-12-10-20(11-13-22)18-29-14-15-30(23(26(29)31)16-19-6-2-1-3-7-19)27(32)25-17-21-8-4-5-9-24(21)33-25/h1-13,17,23H,14-16,18H2/t23-/m0/s1. The number of hydrogen-bond acceptors (Lipinski definition) is 3. The lowest BCUT2D eigenvalue weighted by Gasteiger charge is -2.40. The first-order valence-electron chi connectivity index (χ1n) is 11.0. The van der Waals surface area contributed by atoms with Crippen LogP contribution in [0.15, 0.2) is 89.3 Å². The van der Waals surface area contributed by atoms with Crippen molar-refractivity contribution in [3.05, 3.63) is 107 Å². The molecule has 0 aliphatic carbocycles. The highest BCUT2D eigenvalue weighted by Crippen LogP contribution is 2.25. The maximum Gasteiger partial charge on any atom is 0.290 e. The van der Waals surface area contributed by atoms with Crippen molar-refractivity contribution in [2.24, 2.45) is 0 Å². The summed E-state index contributed by atoms with van der Waals surface area (Å²) in [6.07, 6.45) is 0.447. The van der Waals surface area contributed by atoms with E-state index in [2.05, 4.69) is 0 Å². The van der Waals surface area contributed by atoms with Gasteiger partial charge in [0, 0.05) is 36.5 Å². The lowest BCUT2D eigenvalue weighted by Crippen LogP contribution is -2.59. The summed E-state index contributed by atoms with van der Waals surface area (Å²) in [6, 6.07) is 26.0. The molecule has 1 aliphatic heterocycles. The molecule has 5 rings (SSSR count). The summed E-state index contributed by atoms with van der Waals surface area (Å²) in [4.78, 5) is 30.5.